The molecule has 2 aromatic rings. The van der Waals surface area contributed by atoms with Gasteiger partial charge in [-0.25, -0.2) is 4.98 Å². The molecule has 1 saturated heterocycles. The Labute approximate surface area is 196 Å². The predicted octanol–water partition coefficient (Wildman–Crippen LogP) is 3.41. The molecule has 174 valence electrons. The van der Waals surface area contributed by atoms with E-state index >= 15 is 0 Å². The molecule has 0 bridgehead atoms. The van der Waals surface area contributed by atoms with Crippen LogP contribution < -0.4 is 5.56 Å². The minimum atomic E-state index is 0.0296. The minimum absolute atomic E-state index is 0.0296. The van der Waals surface area contributed by atoms with E-state index in [0.29, 0.717) is 12.8 Å². The summed E-state index contributed by atoms with van der Waals surface area (Å²) in [6.45, 7) is 10.9. The quantitative estimate of drug-likeness (QED) is 0.329. The number of hydrogen-bond donors (Lipinski definition) is 0. The van der Waals surface area contributed by atoms with Crippen LogP contribution in [0.5, 0.6) is 0 Å². The molecule has 1 aromatic carbocycles. The number of carbonyl (C=O) groups excluding carboxylic acids is 1. The topological polar surface area (TPSA) is 58.4 Å². The highest BCUT2D eigenvalue weighted by molar-refractivity contribution is 7.99. The molecule has 32 heavy (non-hydrogen) atoms. The number of hydrogen-bond acceptors (Lipinski definition) is 5. The molecular formula is C25H36N4O2S. The number of thioether (sulfide) groups is 1. The number of nitrogens with zero attached hydrogens (tertiary/aromatic N) is 4. The molecule has 6 nitrogen and oxygen atoms in total. The average Bonchev–Trinajstić information content (AvgIpc) is 2.80. The van der Waals surface area contributed by atoms with Crippen molar-refractivity contribution in [1.29, 1.82) is 0 Å². The maximum absolute atomic E-state index is 12.9. The van der Waals surface area contributed by atoms with Gasteiger partial charge in [-0.2, -0.15) is 0 Å². The van der Waals surface area contributed by atoms with Gasteiger partial charge in [0.05, 0.1) is 0 Å². The number of carbonyl (C=O) groups is 1. The Morgan fingerprint density at radius 3 is 2.41 bits per heavy atom. The molecule has 0 saturated carbocycles. The van der Waals surface area contributed by atoms with Crippen molar-refractivity contribution < 1.29 is 4.79 Å². The van der Waals surface area contributed by atoms with E-state index in [1.807, 2.05) is 11.8 Å². The molecule has 0 N–H and O–H groups in total. The largest absolute Gasteiger partial charge is 0.340 e. The first-order valence-electron chi connectivity index (χ1n) is 11.6. The monoisotopic (exact) mass is 456 g/mol. The van der Waals surface area contributed by atoms with Crippen LogP contribution in [0.4, 0.5) is 0 Å². The standard InChI is InChI=1S/C25H36N4O2S/c1-5-28-13-15-29(16-14-28)23(30)8-6-7-17-32-25-26-20(3)22(24(31)27(25)4)18-21-11-9-19(2)10-12-21/h9-12H,5-8,13-18H2,1-4H3. The van der Waals surface area contributed by atoms with E-state index in [-0.39, 0.29) is 11.5 Å². The Balaban J connectivity index is 1.47. The third kappa shape index (κ3) is 6.45. The minimum Gasteiger partial charge on any atom is -0.340 e. The SMILES string of the molecule is CCN1CCN(C(=O)CCCCSc2nc(C)c(Cc3ccc(C)cc3)c(=O)n2C)CC1. The predicted molar refractivity (Wildman–Crippen MR) is 131 cm³/mol. The van der Waals surface area contributed by atoms with Crippen molar-refractivity contribution in [2.24, 2.45) is 7.05 Å². The fraction of sp³-hybridized carbons (Fsp3) is 0.560. The second kappa shape index (κ2) is 11.7. The van der Waals surface area contributed by atoms with Crippen molar-refractivity contribution in [3.8, 4) is 0 Å². The summed E-state index contributed by atoms with van der Waals surface area (Å²) >= 11 is 1.60. The summed E-state index contributed by atoms with van der Waals surface area (Å²) in [7, 11) is 1.80. The maximum Gasteiger partial charge on any atom is 0.257 e. The summed E-state index contributed by atoms with van der Waals surface area (Å²) in [6.07, 6.45) is 3.02. The molecule has 1 aromatic heterocycles. The molecule has 1 fully saturated rings. The second-order valence-electron chi connectivity index (χ2n) is 8.61. The molecule has 0 unspecified atom stereocenters. The van der Waals surface area contributed by atoms with E-state index in [0.717, 1.165) is 73.3 Å². The first kappa shape index (κ1) is 24.5. The normalized spacial score (nSPS) is 14.7. The summed E-state index contributed by atoms with van der Waals surface area (Å²) < 4.78 is 1.67. The van der Waals surface area contributed by atoms with E-state index in [2.05, 4.69) is 43.0 Å². The van der Waals surface area contributed by atoms with Gasteiger partial charge in [0, 0.05) is 63.1 Å². The third-order valence-electron chi connectivity index (χ3n) is 6.24. The first-order chi connectivity index (χ1) is 15.4. The molecule has 1 aliphatic rings. The first-order valence-corrected chi connectivity index (χ1v) is 12.6. The van der Waals surface area contributed by atoms with E-state index in [1.165, 1.54) is 5.56 Å². The molecule has 0 atom stereocenters. The van der Waals surface area contributed by atoms with Crippen LogP contribution in [0, 0.1) is 13.8 Å². The summed E-state index contributed by atoms with van der Waals surface area (Å²) in [5, 5.41) is 0.752. The van der Waals surface area contributed by atoms with Crippen molar-refractivity contribution in [1.82, 2.24) is 19.4 Å². The number of amides is 1. The Hall–Kier alpha value is -2.12. The number of piperazine rings is 1. The molecule has 0 aliphatic carbocycles. The molecule has 0 spiro atoms. The summed E-state index contributed by atoms with van der Waals surface area (Å²) in [5.74, 6) is 1.13. The van der Waals surface area contributed by atoms with Gasteiger partial charge < -0.3 is 9.80 Å². The highest BCUT2D eigenvalue weighted by Crippen LogP contribution is 2.19. The van der Waals surface area contributed by atoms with Crippen molar-refractivity contribution >= 4 is 17.7 Å². The van der Waals surface area contributed by atoms with Gasteiger partial charge in [-0.05, 0) is 38.8 Å². The fourth-order valence-corrected chi connectivity index (χ4v) is 5.00. The van der Waals surface area contributed by atoms with Crippen LogP contribution >= 0.6 is 11.8 Å². The van der Waals surface area contributed by atoms with Gasteiger partial charge in [0.15, 0.2) is 5.16 Å². The van der Waals surface area contributed by atoms with Crippen molar-refractivity contribution in [2.75, 3.05) is 38.5 Å². The van der Waals surface area contributed by atoms with Crippen LogP contribution in [0.3, 0.4) is 0 Å². The van der Waals surface area contributed by atoms with Crippen LogP contribution in [0.2, 0.25) is 0 Å². The molecule has 7 heteroatoms. The summed E-state index contributed by atoms with van der Waals surface area (Å²) in [5.41, 5.74) is 3.93. The van der Waals surface area contributed by atoms with Gasteiger partial charge in [0.2, 0.25) is 5.91 Å². The van der Waals surface area contributed by atoms with Crippen LogP contribution in [0.15, 0.2) is 34.2 Å². The fourth-order valence-electron chi connectivity index (χ4n) is 3.99. The van der Waals surface area contributed by atoms with Gasteiger partial charge in [-0.1, -0.05) is 48.5 Å². The van der Waals surface area contributed by atoms with Gasteiger partial charge >= 0.3 is 0 Å². The Morgan fingerprint density at radius 2 is 1.75 bits per heavy atom. The van der Waals surface area contributed by atoms with E-state index in [4.69, 9.17) is 4.98 Å². The number of aryl methyl sites for hydroxylation is 2. The zero-order chi connectivity index (χ0) is 23.1. The Morgan fingerprint density at radius 1 is 1.06 bits per heavy atom. The van der Waals surface area contributed by atoms with Crippen LogP contribution in [-0.2, 0) is 18.3 Å². The molecular weight excluding hydrogens is 420 g/mol. The van der Waals surface area contributed by atoms with Gasteiger partial charge in [0.1, 0.15) is 0 Å². The molecule has 2 heterocycles. The highest BCUT2D eigenvalue weighted by Gasteiger charge is 2.19. The lowest BCUT2D eigenvalue weighted by Gasteiger charge is -2.34. The lowest BCUT2D eigenvalue weighted by molar-refractivity contribution is -0.133. The molecule has 1 aliphatic heterocycles. The number of aromatic nitrogens is 2. The van der Waals surface area contributed by atoms with E-state index in [1.54, 1.807) is 23.4 Å². The zero-order valence-corrected chi connectivity index (χ0v) is 20.7. The summed E-state index contributed by atoms with van der Waals surface area (Å²) in [4.78, 5) is 34.5. The zero-order valence-electron chi connectivity index (χ0n) is 19.9. The van der Waals surface area contributed by atoms with Crippen molar-refractivity contribution in [2.45, 2.75) is 51.6 Å². The lowest BCUT2D eigenvalue weighted by Crippen LogP contribution is -2.48. The molecule has 1 amide bonds. The summed E-state index contributed by atoms with van der Waals surface area (Å²) in [6, 6.07) is 8.29. The molecule has 3 rings (SSSR count). The van der Waals surface area contributed by atoms with Crippen LogP contribution in [-0.4, -0.2) is 63.7 Å². The highest BCUT2D eigenvalue weighted by atomic mass is 32.2. The average molecular weight is 457 g/mol. The van der Waals surface area contributed by atoms with Crippen LogP contribution in [0.1, 0.15) is 48.6 Å². The number of likely N-dealkylation sites (N-methyl/N-ethyl adjacent to an activating group) is 1. The van der Waals surface area contributed by atoms with E-state index < -0.39 is 0 Å². The van der Waals surface area contributed by atoms with Gasteiger partial charge in [-0.15, -0.1) is 0 Å². The number of rotatable bonds is 9. The lowest BCUT2D eigenvalue weighted by atomic mass is 10.0. The van der Waals surface area contributed by atoms with Crippen molar-refractivity contribution in [3.05, 3.63) is 57.0 Å². The smallest absolute Gasteiger partial charge is 0.257 e. The molecule has 0 radical (unpaired) electrons. The number of benzene rings is 1. The van der Waals surface area contributed by atoms with Crippen molar-refractivity contribution in [3.63, 3.8) is 0 Å². The Bertz CT molecular complexity index is 963. The third-order valence-corrected chi connectivity index (χ3v) is 7.36. The maximum atomic E-state index is 12.9. The van der Waals surface area contributed by atoms with Crippen LogP contribution in [0.25, 0.3) is 0 Å². The Kier molecular flexibility index (Phi) is 8.93. The second-order valence-corrected chi connectivity index (χ2v) is 9.67. The number of unbranched alkanes of at least 4 members (excludes halogenated alkanes) is 1. The van der Waals surface area contributed by atoms with Gasteiger partial charge in [0.25, 0.3) is 5.56 Å². The van der Waals surface area contributed by atoms with E-state index in [9.17, 15) is 9.59 Å². The van der Waals surface area contributed by atoms with Gasteiger partial charge in [-0.3, -0.25) is 14.2 Å².